The van der Waals surface area contributed by atoms with Crippen LogP contribution in [0.5, 0.6) is 0 Å². The van der Waals surface area contributed by atoms with Gasteiger partial charge >= 0.3 is 0 Å². The number of hydrogen-bond acceptors (Lipinski definition) is 5. The lowest BCUT2D eigenvalue weighted by atomic mass is 10.1. The van der Waals surface area contributed by atoms with Crippen LogP contribution in [0.2, 0.25) is 0 Å². The van der Waals surface area contributed by atoms with E-state index >= 15 is 0 Å². The normalized spacial score (nSPS) is 12.9. The molecular weight excluding hydrogens is 343 g/mol. The molecule has 130 valence electrons. The fourth-order valence-corrected chi connectivity index (χ4v) is 3.24. The Labute approximate surface area is 145 Å². The molecule has 25 heavy (non-hydrogen) atoms. The number of benzene rings is 2. The summed E-state index contributed by atoms with van der Waals surface area (Å²) in [5.41, 5.74) is 1.13. The Hall–Kier alpha value is -2.58. The molecule has 0 saturated heterocycles. The number of rotatable bonds is 5. The van der Waals surface area contributed by atoms with E-state index in [1.165, 1.54) is 31.6 Å². The smallest absolute Gasteiger partial charge is 0.240 e. The van der Waals surface area contributed by atoms with Crippen LogP contribution in [-0.4, -0.2) is 25.4 Å². The maximum absolute atomic E-state index is 13.8. The van der Waals surface area contributed by atoms with Gasteiger partial charge in [-0.15, -0.1) is 0 Å². The van der Waals surface area contributed by atoms with Gasteiger partial charge in [-0.2, -0.15) is 0 Å². The largest absolute Gasteiger partial charge is 0.363 e. The zero-order valence-electron chi connectivity index (χ0n) is 13.7. The lowest BCUT2D eigenvalue weighted by molar-refractivity contribution is 0.588. The van der Waals surface area contributed by atoms with Crippen molar-refractivity contribution in [2.75, 3.05) is 12.4 Å². The molecule has 8 heteroatoms. The third-order valence-corrected chi connectivity index (χ3v) is 5.36. The van der Waals surface area contributed by atoms with E-state index in [2.05, 4.69) is 20.0 Å². The molecule has 3 aromatic rings. The van der Waals surface area contributed by atoms with E-state index in [4.69, 9.17) is 0 Å². The molecule has 0 saturated carbocycles. The van der Waals surface area contributed by atoms with E-state index in [0.29, 0.717) is 11.2 Å². The quantitative estimate of drug-likeness (QED) is 0.731. The molecule has 1 heterocycles. The van der Waals surface area contributed by atoms with E-state index in [1.54, 1.807) is 24.3 Å². The van der Waals surface area contributed by atoms with Gasteiger partial charge in [0.1, 0.15) is 23.5 Å². The summed E-state index contributed by atoms with van der Waals surface area (Å²) in [4.78, 5) is 8.35. The predicted octanol–water partition coefficient (Wildman–Crippen LogP) is 2.85. The Bertz CT molecular complexity index is 1010. The highest BCUT2D eigenvalue weighted by Gasteiger charge is 2.14. The summed E-state index contributed by atoms with van der Waals surface area (Å²) in [5, 5.41) is 3.80. The number of fused-ring (bicyclic) bond motifs is 1. The summed E-state index contributed by atoms with van der Waals surface area (Å²) in [6, 6.07) is 11.1. The monoisotopic (exact) mass is 360 g/mol. The van der Waals surface area contributed by atoms with E-state index < -0.39 is 15.8 Å². The van der Waals surface area contributed by atoms with Crippen molar-refractivity contribution < 1.29 is 12.8 Å². The Morgan fingerprint density at radius 2 is 1.80 bits per heavy atom. The van der Waals surface area contributed by atoms with Crippen molar-refractivity contribution in [3.05, 3.63) is 60.2 Å². The second-order valence-corrected chi connectivity index (χ2v) is 7.39. The summed E-state index contributed by atoms with van der Waals surface area (Å²) in [6.45, 7) is 1.91. The zero-order valence-corrected chi connectivity index (χ0v) is 14.5. The Morgan fingerprint density at radius 3 is 2.48 bits per heavy atom. The first-order valence-corrected chi connectivity index (χ1v) is 9.10. The number of nitrogens with zero attached hydrogens (tertiary/aromatic N) is 2. The first-order chi connectivity index (χ1) is 11.9. The number of aromatic nitrogens is 2. The highest BCUT2D eigenvalue weighted by molar-refractivity contribution is 7.89. The summed E-state index contributed by atoms with van der Waals surface area (Å²) < 4.78 is 39.7. The van der Waals surface area contributed by atoms with Gasteiger partial charge in [-0.1, -0.05) is 18.2 Å². The fraction of sp³-hybridized carbons (Fsp3) is 0.176. The molecular formula is C17H17FN4O2S. The molecule has 1 atom stereocenters. The van der Waals surface area contributed by atoms with Crippen molar-refractivity contribution in [3.63, 3.8) is 0 Å². The third kappa shape index (κ3) is 3.45. The van der Waals surface area contributed by atoms with E-state index in [9.17, 15) is 12.8 Å². The van der Waals surface area contributed by atoms with Crippen LogP contribution in [0.4, 0.5) is 10.2 Å². The SMILES string of the molecule is CNS(=O)(=O)c1ccc([C@@H](C)Nc2ncnc3c(F)cccc23)cc1. The van der Waals surface area contributed by atoms with Gasteiger partial charge in [0.05, 0.1) is 4.90 Å². The summed E-state index contributed by atoms with van der Waals surface area (Å²) in [7, 11) is -2.10. The van der Waals surface area contributed by atoms with Gasteiger partial charge in [-0.25, -0.2) is 27.5 Å². The van der Waals surface area contributed by atoms with Crippen molar-refractivity contribution in [2.45, 2.75) is 17.9 Å². The molecule has 3 rings (SSSR count). The van der Waals surface area contributed by atoms with Crippen molar-refractivity contribution in [1.29, 1.82) is 0 Å². The maximum atomic E-state index is 13.8. The van der Waals surface area contributed by atoms with Crippen molar-refractivity contribution in [3.8, 4) is 0 Å². The second-order valence-electron chi connectivity index (χ2n) is 5.50. The number of para-hydroxylation sites is 1. The number of anilines is 1. The van der Waals surface area contributed by atoms with Crippen molar-refractivity contribution >= 4 is 26.7 Å². The van der Waals surface area contributed by atoms with Crippen LogP contribution in [0.25, 0.3) is 10.9 Å². The van der Waals surface area contributed by atoms with Gasteiger partial charge in [-0.3, -0.25) is 0 Å². The highest BCUT2D eigenvalue weighted by Crippen LogP contribution is 2.25. The zero-order chi connectivity index (χ0) is 18.0. The minimum absolute atomic E-state index is 0.160. The van der Waals surface area contributed by atoms with Gasteiger partial charge in [0.25, 0.3) is 0 Å². The first kappa shape index (κ1) is 17.2. The average molecular weight is 360 g/mol. The van der Waals surface area contributed by atoms with Gasteiger partial charge in [0.15, 0.2) is 0 Å². The molecule has 0 aliphatic rings. The standard InChI is InChI=1S/C17H17FN4O2S/c1-11(12-6-8-13(9-7-12)25(23,24)19-2)22-17-14-4-3-5-15(18)16(14)20-10-21-17/h3-11,19H,1-2H3,(H,20,21,22)/t11-/m1/s1. The van der Waals surface area contributed by atoms with Gasteiger partial charge < -0.3 is 5.32 Å². The van der Waals surface area contributed by atoms with Crippen LogP contribution in [-0.2, 0) is 10.0 Å². The summed E-state index contributed by atoms with van der Waals surface area (Å²) >= 11 is 0. The molecule has 0 amide bonds. The molecule has 0 aliphatic carbocycles. The summed E-state index contributed by atoms with van der Waals surface area (Å²) in [6.07, 6.45) is 1.31. The second kappa shape index (κ2) is 6.73. The Balaban J connectivity index is 1.88. The molecule has 0 bridgehead atoms. The number of halogens is 1. The van der Waals surface area contributed by atoms with Crippen LogP contribution in [0.3, 0.4) is 0 Å². The molecule has 0 fully saturated rings. The minimum Gasteiger partial charge on any atom is -0.363 e. The molecule has 2 N–H and O–H groups in total. The Morgan fingerprint density at radius 1 is 1.08 bits per heavy atom. The van der Waals surface area contributed by atoms with E-state index in [-0.39, 0.29) is 16.5 Å². The lowest BCUT2D eigenvalue weighted by Gasteiger charge is -2.16. The maximum Gasteiger partial charge on any atom is 0.240 e. The Kier molecular flexibility index (Phi) is 4.65. The van der Waals surface area contributed by atoms with Crippen LogP contribution in [0.1, 0.15) is 18.5 Å². The van der Waals surface area contributed by atoms with Crippen molar-refractivity contribution in [1.82, 2.24) is 14.7 Å². The fourth-order valence-electron chi connectivity index (χ4n) is 2.51. The molecule has 0 radical (unpaired) electrons. The molecule has 0 aliphatic heterocycles. The third-order valence-electron chi connectivity index (χ3n) is 3.93. The van der Waals surface area contributed by atoms with Crippen molar-refractivity contribution in [2.24, 2.45) is 0 Å². The highest BCUT2D eigenvalue weighted by atomic mass is 32.2. The molecule has 6 nitrogen and oxygen atoms in total. The van der Waals surface area contributed by atoms with Gasteiger partial charge in [-0.05, 0) is 43.8 Å². The topological polar surface area (TPSA) is 84.0 Å². The molecule has 2 aromatic carbocycles. The average Bonchev–Trinajstić information content (AvgIpc) is 2.62. The summed E-state index contributed by atoms with van der Waals surface area (Å²) in [5.74, 6) is 0.112. The lowest BCUT2D eigenvalue weighted by Crippen LogP contribution is -2.18. The molecule has 1 aromatic heterocycles. The van der Waals surface area contributed by atoms with E-state index in [0.717, 1.165) is 5.56 Å². The van der Waals surface area contributed by atoms with Crippen LogP contribution in [0.15, 0.2) is 53.7 Å². The van der Waals surface area contributed by atoms with Gasteiger partial charge in [0.2, 0.25) is 10.0 Å². The van der Waals surface area contributed by atoms with E-state index in [1.807, 2.05) is 6.92 Å². The minimum atomic E-state index is -3.47. The van der Waals surface area contributed by atoms with Crippen LogP contribution < -0.4 is 10.0 Å². The first-order valence-electron chi connectivity index (χ1n) is 7.61. The number of sulfonamides is 1. The van der Waals surface area contributed by atoms with Crippen LogP contribution in [0, 0.1) is 5.82 Å². The molecule has 0 spiro atoms. The van der Waals surface area contributed by atoms with Gasteiger partial charge in [0, 0.05) is 11.4 Å². The number of nitrogens with one attached hydrogen (secondary N) is 2. The van der Waals surface area contributed by atoms with Crippen LogP contribution >= 0.6 is 0 Å². The molecule has 0 unspecified atom stereocenters. The predicted molar refractivity (Wildman–Crippen MR) is 94.2 cm³/mol. The number of hydrogen-bond donors (Lipinski definition) is 2.